The Balaban J connectivity index is 2.54. The highest BCUT2D eigenvalue weighted by atomic mass is 79.9. The highest BCUT2D eigenvalue weighted by Gasteiger charge is 2.25. The van der Waals surface area contributed by atoms with Gasteiger partial charge in [0, 0.05) is 10.1 Å². The van der Waals surface area contributed by atoms with Gasteiger partial charge < -0.3 is 16.2 Å². The van der Waals surface area contributed by atoms with Gasteiger partial charge in [-0.15, -0.1) is 0 Å². The number of nitrogens with two attached hydrogens (primary N) is 2. The summed E-state index contributed by atoms with van der Waals surface area (Å²) in [6, 6.07) is 1.93. The predicted octanol–water partition coefficient (Wildman–Crippen LogP) is 1.49. The quantitative estimate of drug-likeness (QED) is 0.695. The summed E-state index contributed by atoms with van der Waals surface area (Å²) in [6.07, 6.45) is 4.37. The van der Waals surface area contributed by atoms with E-state index in [0.717, 1.165) is 10.1 Å². The minimum Gasteiger partial charge on any atom is -0.440 e. The molecule has 0 radical (unpaired) electrons. The Morgan fingerprint density at radius 3 is 2.87 bits per heavy atom. The lowest BCUT2D eigenvalue weighted by Gasteiger charge is -2.23. The Morgan fingerprint density at radius 1 is 1.47 bits per heavy atom. The van der Waals surface area contributed by atoms with Crippen molar-refractivity contribution >= 4 is 15.9 Å². The van der Waals surface area contributed by atoms with Gasteiger partial charge in [-0.05, 0) is 12.5 Å². The number of allylic oxidation sites excluding steroid dienone is 5. The van der Waals surface area contributed by atoms with Crippen LogP contribution in [0, 0.1) is 11.3 Å². The van der Waals surface area contributed by atoms with Gasteiger partial charge in [-0.1, -0.05) is 22.0 Å². The van der Waals surface area contributed by atoms with E-state index < -0.39 is 0 Å². The van der Waals surface area contributed by atoms with Gasteiger partial charge >= 0.3 is 0 Å². The molecule has 0 aromatic heterocycles. The van der Waals surface area contributed by atoms with Gasteiger partial charge in [0.1, 0.15) is 17.4 Å². The molecule has 0 bridgehead atoms. The normalized spacial score (nSPS) is 20.0. The van der Waals surface area contributed by atoms with E-state index in [1.165, 1.54) is 0 Å². The average Bonchev–Trinajstić information content (AvgIpc) is 2.17. The molecule has 15 heavy (non-hydrogen) atoms. The van der Waals surface area contributed by atoms with Crippen molar-refractivity contribution in [3.05, 3.63) is 45.1 Å². The zero-order valence-corrected chi connectivity index (χ0v) is 9.34. The molecule has 76 valence electrons. The fourth-order valence-electron chi connectivity index (χ4n) is 1.47. The molecule has 2 aliphatic rings. The third kappa shape index (κ3) is 1.53. The standard InChI is InChI=1S/C10H8BrN3O/c11-5-1-2-6-8(3-5)15-10(14)7(4-12)9(6)13/h1,3H,2,13-14H2. The maximum atomic E-state index is 8.85. The SMILES string of the molecule is N#CC1=C(N)OC2=CC(Br)=CCC2=C1N. The van der Waals surface area contributed by atoms with Crippen LogP contribution in [0.1, 0.15) is 6.42 Å². The van der Waals surface area contributed by atoms with E-state index in [1.807, 2.05) is 12.1 Å². The fourth-order valence-corrected chi connectivity index (χ4v) is 1.84. The van der Waals surface area contributed by atoms with Crippen LogP contribution < -0.4 is 11.5 Å². The molecule has 5 heteroatoms. The van der Waals surface area contributed by atoms with Crippen LogP contribution in [0.2, 0.25) is 0 Å². The monoisotopic (exact) mass is 265 g/mol. The molecule has 0 spiro atoms. The first-order chi connectivity index (χ1) is 7.13. The number of halogens is 1. The number of fused-ring (bicyclic) bond motifs is 1. The number of rotatable bonds is 0. The van der Waals surface area contributed by atoms with Gasteiger partial charge in [0.05, 0.1) is 5.70 Å². The van der Waals surface area contributed by atoms with E-state index in [1.54, 1.807) is 6.08 Å². The van der Waals surface area contributed by atoms with Crippen LogP contribution >= 0.6 is 15.9 Å². The molecule has 1 aliphatic carbocycles. The Hall–Kier alpha value is -1.67. The van der Waals surface area contributed by atoms with E-state index in [0.29, 0.717) is 17.9 Å². The zero-order valence-electron chi connectivity index (χ0n) is 7.75. The molecule has 0 unspecified atom stereocenters. The van der Waals surface area contributed by atoms with E-state index >= 15 is 0 Å². The molecular weight excluding hydrogens is 258 g/mol. The smallest absolute Gasteiger partial charge is 0.210 e. The molecule has 0 saturated heterocycles. The summed E-state index contributed by atoms with van der Waals surface area (Å²) >= 11 is 3.34. The van der Waals surface area contributed by atoms with Crippen LogP contribution in [-0.2, 0) is 4.74 Å². The van der Waals surface area contributed by atoms with Gasteiger partial charge in [0.25, 0.3) is 0 Å². The molecule has 0 amide bonds. The summed E-state index contributed by atoms with van der Waals surface area (Å²) in [6.45, 7) is 0. The first-order valence-corrected chi connectivity index (χ1v) is 5.07. The fraction of sp³-hybridized carbons (Fsp3) is 0.100. The van der Waals surface area contributed by atoms with Crippen molar-refractivity contribution in [3.63, 3.8) is 0 Å². The number of nitriles is 1. The second-order valence-electron chi connectivity index (χ2n) is 3.15. The van der Waals surface area contributed by atoms with Gasteiger partial charge in [-0.2, -0.15) is 5.26 Å². The van der Waals surface area contributed by atoms with Gasteiger partial charge in [-0.3, -0.25) is 0 Å². The van der Waals surface area contributed by atoms with Crippen molar-refractivity contribution in [1.29, 1.82) is 5.26 Å². The van der Waals surface area contributed by atoms with Crippen molar-refractivity contribution in [2.24, 2.45) is 11.5 Å². The molecule has 0 saturated carbocycles. The summed E-state index contributed by atoms with van der Waals surface area (Å²) in [5.74, 6) is 0.672. The average molecular weight is 266 g/mol. The first-order valence-electron chi connectivity index (χ1n) is 4.28. The highest BCUT2D eigenvalue weighted by molar-refractivity contribution is 9.11. The highest BCUT2D eigenvalue weighted by Crippen LogP contribution is 2.34. The Bertz CT molecular complexity index is 491. The van der Waals surface area contributed by atoms with Crippen LogP contribution in [0.5, 0.6) is 0 Å². The lowest BCUT2D eigenvalue weighted by molar-refractivity contribution is 0.298. The molecule has 4 nitrogen and oxygen atoms in total. The zero-order chi connectivity index (χ0) is 11.0. The van der Waals surface area contributed by atoms with Gasteiger partial charge in [-0.25, -0.2) is 0 Å². The molecule has 1 heterocycles. The maximum Gasteiger partial charge on any atom is 0.210 e. The predicted molar refractivity (Wildman–Crippen MR) is 58.8 cm³/mol. The Kier molecular flexibility index (Phi) is 2.29. The molecule has 0 aromatic rings. The van der Waals surface area contributed by atoms with Crippen molar-refractivity contribution in [2.75, 3.05) is 0 Å². The molecule has 0 fully saturated rings. The molecule has 1 aliphatic heterocycles. The van der Waals surface area contributed by atoms with Crippen molar-refractivity contribution in [3.8, 4) is 6.07 Å². The third-order valence-electron chi connectivity index (χ3n) is 2.24. The second-order valence-corrected chi connectivity index (χ2v) is 4.06. The maximum absolute atomic E-state index is 8.85. The number of ether oxygens (including phenoxy) is 1. The Morgan fingerprint density at radius 2 is 2.20 bits per heavy atom. The van der Waals surface area contributed by atoms with Gasteiger partial charge in [0.2, 0.25) is 5.88 Å². The molecule has 0 aromatic carbocycles. The number of hydrogen-bond donors (Lipinski definition) is 2. The van der Waals surface area contributed by atoms with E-state index in [4.69, 9.17) is 21.5 Å². The largest absolute Gasteiger partial charge is 0.440 e. The topological polar surface area (TPSA) is 85.1 Å². The number of hydrogen-bond acceptors (Lipinski definition) is 4. The lowest BCUT2D eigenvalue weighted by Crippen LogP contribution is -2.20. The summed E-state index contributed by atoms with van der Waals surface area (Å²) in [5.41, 5.74) is 12.8. The summed E-state index contributed by atoms with van der Waals surface area (Å²) in [4.78, 5) is 0. The van der Waals surface area contributed by atoms with E-state index in [9.17, 15) is 0 Å². The van der Waals surface area contributed by atoms with E-state index in [-0.39, 0.29) is 11.5 Å². The summed E-state index contributed by atoms with van der Waals surface area (Å²) < 4.78 is 6.24. The van der Waals surface area contributed by atoms with Crippen LogP contribution in [-0.4, -0.2) is 0 Å². The van der Waals surface area contributed by atoms with Gasteiger partial charge in [0.15, 0.2) is 0 Å². The summed E-state index contributed by atoms with van der Waals surface area (Å²) in [7, 11) is 0. The molecular formula is C10H8BrN3O. The number of nitrogens with zero attached hydrogens (tertiary/aromatic N) is 1. The molecule has 4 N–H and O–H groups in total. The van der Waals surface area contributed by atoms with Crippen LogP contribution in [0.25, 0.3) is 0 Å². The van der Waals surface area contributed by atoms with Crippen molar-refractivity contribution < 1.29 is 4.74 Å². The van der Waals surface area contributed by atoms with E-state index in [2.05, 4.69) is 15.9 Å². The van der Waals surface area contributed by atoms with Crippen molar-refractivity contribution in [2.45, 2.75) is 6.42 Å². The van der Waals surface area contributed by atoms with Crippen LogP contribution in [0.4, 0.5) is 0 Å². The third-order valence-corrected chi connectivity index (χ3v) is 2.79. The van der Waals surface area contributed by atoms with Crippen LogP contribution in [0.15, 0.2) is 45.1 Å². The van der Waals surface area contributed by atoms with Crippen LogP contribution in [0.3, 0.4) is 0 Å². The molecule has 2 rings (SSSR count). The summed E-state index contributed by atoms with van der Waals surface area (Å²) in [5, 5.41) is 8.85. The Labute approximate surface area is 95.3 Å². The first kappa shape index (κ1) is 9.87. The van der Waals surface area contributed by atoms with Crippen molar-refractivity contribution in [1.82, 2.24) is 0 Å². The minimum atomic E-state index is 0.0622. The second kappa shape index (κ2) is 3.48. The molecule has 0 atom stereocenters. The lowest BCUT2D eigenvalue weighted by atomic mass is 9.98. The minimum absolute atomic E-state index is 0.0622.